The average Bonchev–Trinajstić information content (AvgIpc) is 2.18. The maximum atomic E-state index is 11.1. The SMILES string of the molecule is CCC(=O)Nc1c[c]ccc1OC. The van der Waals surface area contributed by atoms with Crippen molar-refractivity contribution in [2.45, 2.75) is 13.3 Å². The van der Waals surface area contributed by atoms with Crippen LogP contribution in [0.4, 0.5) is 5.69 Å². The number of methoxy groups -OCH3 is 1. The van der Waals surface area contributed by atoms with Crippen LogP contribution in [-0.4, -0.2) is 13.0 Å². The number of carbonyl (C=O) groups excluding carboxylic acids is 1. The van der Waals surface area contributed by atoms with E-state index in [1.165, 1.54) is 0 Å². The normalized spacial score (nSPS) is 9.38. The first-order valence-corrected chi connectivity index (χ1v) is 4.12. The zero-order chi connectivity index (χ0) is 9.68. The van der Waals surface area contributed by atoms with Gasteiger partial charge in [-0.3, -0.25) is 4.79 Å². The summed E-state index contributed by atoms with van der Waals surface area (Å²) in [5.41, 5.74) is 0.664. The van der Waals surface area contributed by atoms with Crippen LogP contribution in [0.2, 0.25) is 0 Å². The first-order valence-electron chi connectivity index (χ1n) is 4.12. The van der Waals surface area contributed by atoms with Crippen molar-refractivity contribution in [1.82, 2.24) is 0 Å². The van der Waals surface area contributed by atoms with Crippen molar-refractivity contribution in [3.8, 4) is 5.75 Å². The van der Waals surface area contributed by atoms with E-state index in [2.05, 4.69) is 11.4 Å². The Morgan fingerprint density at radius 1 is 1.69 bits per heavy atom. The van der Waals surface area contributed by atoms with Crippen LogP contribution >= 0.6 is 0 Å². The van der Waals surface area contributed by atoms with Crippen LogP contribution in [-0.2, 0) is 4.79 Å². The van der Waals surface area contributed by atoms with Crippen molar-refractivity contribution in [2.75, 3.05) is 12.4 Å². The number of benzene rings is 1. The summed E-state index contributed by atoms with van der Waals surface area (Å²) in [5.74, 6) is 0.624. The van der Waals surface area contributed by atoms with E-state index < -0.39 is 0 Å². The second-order valence-electron chi connectivity index (χ2n) is 2.53. The highest BCUT2D eigenvalue weighted by Crippen LogP contribution is 2.22. The molecule has 0 aliphatic heterocycles. The minimum Gasteiger partial charge on any atom is -0.495 e. The lowest BCUT2D eigenvalue weighted by molar-refractivity contribution is -0.115. The molecule has 13 heavy (non-hydrogen) atoms. The summed E-state index contributed by atoms with van der Waals surface area (Å²) in [5, 5.41) is 2.72. The highest BCUT2D eigenvalue weighted by atomic mass is 16.5. The molecule has 3 heteroatoms. The van der Waals surface area contributed by atoms with Crippen molar-refractivity contribution >= 4 is 11.6 Å². The number of rotatable bonds is 3. The van der Waals surface area contributed by atoms with Gasteiger partial charge in [-0.25, -0.2) is 0 Å². The summed E-state index contributed by atoms with van der Waals surface area (Å²) in [4.78, 5) is 11.1. The van der Waals surface area contributed by atoms with Gasteiger partial charge in [-0.2, -0.15) is 0 Å². The molecule has 0 aliphatic rings. The molecule has 1 aromatic rings. The summed E-state index contributed by atoms with van der Waals surface area (Å²) in [6.07, 6.45) is 0.456. The second kappa shape index (κ2) is 4.50. The van der Waals surface area contributed by atoms with Crippen LogP contribution in [0.5, 0.6) is 5.75 Å². The van der Waals surface area contributed by atoms with Crippen LogP contribution < -0.4 is 10.1 Å². The number of anilines is 1. The molecule has 0 saturated carbocycles. The van der Waals surface area contributed by atoms with Gasteiger partial charge in [0.15, 0.2) is 0 Å². The molecule has 0 bridgehead atoms. The molecule has 1 amide bonds. The first kappa shape index (κ1) is 9.58. The van der Waals surface area contributed by atoms with E-state index in [0.29, 0.717) is 17.9 Å². The molecular formula is C10H12NO2. The molecule has 69 valence electrons. The molecule has 0 aliphatic carbocycles. The molecule has 3 nitrogen and oxygen atoms in total. The van der Waals surface area contributed by atoms with Gasteiger partial charge >= 0.3 is 0 Å². The lowest BCUT2D eigenvalue weighted by atomic mass is 10.3. The number of carbonyl (C=O) groups is 1. The Kier molecular flexibility index (Phi) is 3.31. The van der Waals surface area contributed by atoms with Crippen molar-refractivity contribution in [3.63, 3.8) is 0 Å². The van der Waals surface area contributed by atoms with Crippen LogP contribution in [0.1, 0.15) is 13.3 Å². The van der Waals surface area contributed by atoms with Crippen LogP contribution in [0.3, 0.4) is 0 Å². The van der Waals surface area contributed by atoms with Gasteiger partial charge in [0, 0.05) is 6.42 Å². The van der Waals surface area contributed by atoms with Gasteiger partial charge in [-0.1, -0.05) is 13.0 Å². The van der Waals surface area contributed by atoms with Gasteiger partial charge in [0.25, 0.3) is 0 Å². The molecule has 0 saturated heterocycles. The predicted octanol–water partition coefficient (Wildman–Crippen LogP) is 1.84. The van der Waals surface area contributed by atoms with E-state index in [4.69, 9.17) is 4.74 Å². The molecule has 1 N–H and O–H groups in total. The molecule has 1 rings (SSSR count). The van der Waals surface area contributed by atoms with E-state index in [1.807, 2.05) is 0 Å². The topological polar surface area (TPSA) is 38.3 Å². The Morgan fingerprint density at radius 2 is 2.46 bits per heavy atom. The average molecular weight is 178 g/mol. The summed E-state index contributed by atoms with van der Waals surface area (Å²) in [6, 6.07) is 8.05. The Morgan fingerprint density at radius 3 is 3.08 bits per heavy atom. The Labute approximate surface area is 77.7 Å². The number of hydrogen-bond acceptors (Lipinski definition) is 2. The number of hydrogen-bond donors (Lipinski definition) is 1. The largest absolute Gasteiger partial charge is 0.495 e. The number of ether oxygens (including phenoxy) is 1. The first-order chi connectivity index (χ1) is 6.27. The third-order valence-corrected chi connectivity index (χ3v) is 1.64. The smallest absolute Gasteiger partial charge is 0.224 e. The Balaban J connectivity index is 2.81. The summed E-state index contributed by atoms with van der Waals surface area (Å²) in [6.45, 7) is 1.80. The van der Waals surface area contributed by atoms with Crippen molar-refractivity contribution < 1.29 is 9.53 Å². The Hall–Kier alpha value is -1.51. The molecule has 1 radical (unpaired) electrons. The fourth-order valence-corrected chi connectivity index (χ4v) is 0.930. The highest BCUT2D eigenvalue weighted by Gasteiger charge is 2.03. The fourth-order valence-electron chi connectivity index (χ4n) is 0.930. The molecule has 0 unspecified atom stereocenters. The van der Waals surface area contributed by atoms with Crippen LogP contribution in [0.15, 0.2) is 18.2 Å². The second-order valence-corrected chi connectivity index (χ2v) is 2.53. The van der Waals surface area contributed by atoms with Gasteiger partial charge in [-0.15, -0.1) is 0 Å². The minimum absolute atomic E-state index is 0.0297. The van der Waals surface area contributed by atoms with E-state index in [1.54, 1.807) is 32.2 Å². The van der Waals surface area contributed by atoms with Crippen molar-refractivity contribution in [2.24, 2.45) is 0 Å². The van der Waals surface area contributed by atoms with E-state index in [-0.39, 0.29) is 5.91 Å². The monoisotopic (exact) mass is 178 g/mol. The maximum absolute atomic E-state index is 11.1. The predicted molar refractivity (Wildman–Crippen MR) is 50.8 cm³/mol. The molecule has 0 fully saturated rings. The van der Waals surface area contributed by atoms with Gasteiger partial charge in [0.1, 0.15) is 5.75 Å². The summed E-state index contributed by atoms with van der Waals surface area (Å²) >= 11 is 0. The molecule has 0 heterocycles. The molecular weight excluding hydrogens is 166 g/mol. The van der Waals surface area contributed by atoms with Gasteiger partial charge in [0.2, 0.25) is 5.91 Å². The summed E-state index contributed by atoms with van der Waals surface area (Å²) < 4.78 is 5.06. The zero-order valence-corrected chi connectivity index (χ0v) is 7.76. The summed E-state index contributed by atoms with van der Waals surface area (Å²) in [7, 11) is 1.57. The fraction of sp³-hybridized carbons (Fsp3) is 0.300. The Bertz CT molecular complexity index is 297. The third kappa shape index (κ3) is 2.47. The molecule has 0 atom stereocenters. The lowest BCUT2D eigenvalue weighted by Gasteiger charge is -2.07. The number of nitrogens with one attached hydrogen (secondary N) is 1. The van der Waals surface area contributed by atoms with Crippen molar-refractivity contribution in [1.29, 1.82) is 0 Å². The maximum Gasteiger partial charge on any atom is 0.224 e. The van der Waals surface area contributed by atoms with E-state index in [9.17, 15) is 4.79 Å². The van der Waals surface area contributed by atoms with E-state index >= 15 is 0 Å². The van der Waals surface area contributed by atoms with Gasteiger partial charge in [-0.05, 0) is 18.2 Å². The highest BCUT2D eigenvalue weighted by molar-refractivity contribution is 5.91. The quantitative estimate of drug-likeness (QED) is 0.767. The van der Waals surface area contributed by atoms with Gasteiger partial charge in [0.05, 0.1) is 12.8 Å². The van der Waals surface area contributed by atoms with Crippen LogP contribution in [0, 0.1) is 6.07 Å². The molecule has 0 aromatic heterocycles. The molecule has 1 aromatic carbocycles. The van der Waals surface area contributed by atoms with Crippen molar-refractivity contribution in [3.05, 3.63) is 24.3 Å². The lowest BCUT2D eigenvalue weighted by Crippen LogP contribution is -2.10. The third-order valence-electron chi connectivity index (χ3n) is 1.64. The molecule has 0 spiro atoms. The minimum atomic E-state index is -0.0297. The van der Waals surface area contributed by atoms with Gasteiger partial charge < -0.3 is 10.1 Å². The van der Waals surface area contributed by atoms with E-state index in [0.717, 1.165) is 0 Å². The zero-order valence-electron chi connectivity index (χ0n) is 7.76. The van der Waals surface area contributed by atoms with Crippen LogP contribution in [0.25, 0.3) is 0 Å². The standard InChI is InChI=1S/C10H12NO2/c1-3-10(12)11-8-6-4-5-7-9(8)13-2/h5-7H,3H2,1-2H3,(H,11,12). The number of amides is 1.